The van der Waals surface area contributed by atoms with Crippen LogP contribution in [0.2, 0.25) is 0 Å². The number of alkyl halides is 3. The molecule has 1 saturated heterocycles. The first kappa shape index (κ1) is 16.7. The molecule has 3 nitrogen and oxygen atoms in total. The van der Waals surface area contributed by atoms with Gasteiger partial charge in [-0.05, 0) is 42.9 Å². The lowest BCUT2D eigenvalue weighted by Gasteiger charge is -2.28. The van der Waals surface area contributed by atoms with E-state index in [0.29, 0.717) is 30.0 Å². The van der Waals surface area contributed by atoms with Crippen LogP contribution in [0.1, 0.15) is 36.4 Å². The van der Waals surface area contributed by atoms with Crippen LogP contribution in [0, 0.1) is 5.92 Å². The molecule has 1 aromatic rings. The first-order valence-electron chi connectivity index (χ1n) is 6.82. The maximum absolute atomic E-state index is 13.2. The average molecular weight is 367 g/mol. The standard InChI is InChI=1S/C14H18BrF3N2O/c15-10-1-2-11(12(8-10)14(16,17)18)13(20-19)7-9-3-5-21-6-4-9/h1-2,8-9,13,20H,3-7,19H2. The van der Waals surface area contributed by atoms with E-state index in [-0.39, 0.29) is 5.56 Å². The molecule has 0 bridgehead atoms. The van der Waals surface area contributed by atoms with Crippen molar-refractivity contribution in [3.8, 4) is 0 Å². The van der Waals surface area contributed by atoms with Gasteiger partial charge in [-0.3, -0.25) is 11.3 Å². The van der Waals surface area contributed by atoms with Gasteiger partial charge in [-0.2, -0.15) is 13.2 Å². The molecular formula is C14H18BrF3N2O. The van der Waals surface area contributed by atoms with Gasteiger partial charge in [-0.25, -0.2) is 0 Å². The van der Waals surface area contributed by atoms with Crippen molar-refractivity contribution >= 4 is 15.9 Å². The van der Waals surface area contributed by atoms with Crippen LogP contribution in [0.15, 0.2) is 22.7 Å². The van der Waals surface area contributed by atoms with E-state index in [2.05, 4.69) is 21.4 Å². The molecule has 0 amide bonds. The van der Waals surface area contributed by atoms with Crippen LogP contribution in [0.25, 0.3) is 0 Å². The van der Waals surface area contributed by atoms with Crippen molar-refractivity contribution in [2.24, 2.45) is 11.8 Å². The lowest BCUT2D eigenvalue weighted by atomic mass is 9.88. The Balaban J connectivity index is 2.24. The molecule has 1 heterocycles. The minimum Gasteiger partial charge on any atom is -0.381 e. The summed E-state index contributed by atoms with van der Waals surface area (Å²) >= 11 is 3.09. The number of hydrogen-bond donors (Lipinski definition) is 2. The summed E-state index contributed by atoms with van der Waals surface area (Å²) in [4.78, 5) is 0. The highest BCUT2D eigenvalue weighted by Crippen LogP contribution is 2.38. The molecule has 1 fully saturated rings. The molecule has 7 heteroatoms. The molecule has 0 spiro atoms. The zero-order valence-electron chi connectivity index (χ0n) is 11.4. The molecule has 1 aliphatic heterocycles. The van der Waals surface area contributed by atoms with Crippen LogP contribution in [0.4, 0.5) is 13.2 Å². The Bertz CT molecular complexity index is 476. The van der Waals surface area contributed by atoms with Crippen LogP contribution in [0.5, 0.6) is 0 Å². The maximum atomic E-state index is 13.2. The predicted octanol–water partition coefficient (Wildman–Crippen LogP) is 3.79. The van der Waals surface area contributed by atoms with E-state index in [0.717, 1.165) is 18.9 Å². The Labute approximate surface area is 130 Å². The van der Waals surface area contributed by atoms with Crippen molar-refractivity contribution in [2.75, 3.05) is 13.2 Å². The molecule has 1 aromatic carbocycles. The summed E-state index contributed by atoms with van der Waals surface area (Å²) in [5.74, 6) is 5.84. The molecule has 1 aliphatic rings. The van der Waals surface area contributed by atoms with Gasteiger partial charge in [0.05, 0.1) is 5.56 Å². The van der Waals surface area contributed by atoms with E-state index in [1.54, 1.807) is 6.07 Å². The summed E-state index contributed by atoms with van der Waals surface area (Å²) in [5, 5.41) is 0. The molecular weight excluding hydrogens is 349 g/mol. The number of halogens is 4. The van der Waals surface area contributed by atoms with Gasteiger partial charge in [0.2, 0.25) is 0 Å². The van der Waals surface area contributed by atoms with Crippen molar-refractivity contribution in [1.82, 2.24) is 5.43 Å². The van der Waals surface area contributed by atoms with Gasteiger partial charge >= 0.3 is 6.18 Å². The molecule has 2 rings (SSSR count). The van der Waals surface area contributed by atoms with Crippen LogP contribution < -0.4 is 11.3 Å². The van der Waals surface area contributed by atoms with E-state index in [1.807, 2.05) is 0 Å². The summed E-state index contributed by atoms with van der Waals surface area (Å²) in [6, 6.07) is 3.68. The van der Waals surface area contributed by atoms with Crippen LogP contribution in [0.3, 0.4) is 0 Å². The van der Waals surface area contributed by atoms with Crippen molar-refractivity contribution in [3.63, 3.8) is 0 Å². The SMILES string of the molecule is NNC(CC1CCOCC1)c1ccc(Br)cc1C(F)(F)F. The molecule has 0 radical (unpaired) electrons. The number of ether oxygens (including phenoxy) is 1. The van der Waals surface area contributed by atoms with Crippen LogP contribution in [-0.2, 0) is 10.9 Å². The lowest BCUT2D eigenvalue weighted by molar-refractivity contribution is -0.138. The lowest BCUT2D eigenvalue weighted by Crippen LogP contribution is -2.32. The minimum absolute atomic E-state index is 0.194. The number of rotatable bonds is 4. The van der Waals surface area contributed by atoms with E-state index >= 15 is 0 Å². The number of benzene rings is 1. The van der Waals surface area contributed by atoms with Gasteiger partial charge in [0.1, 0.15) is 0 Å². The smallest absolute Gasteiger partial charge is 0.381 e. The summed E-state index contributed by atoms with van der Waals surface area (Å²) in [6.45, 7) is 1.32. The Morgan fingerprint density at radius 1 is 1.33 bits per heavy atom. The van der Waals surface area contributed by atoms with Gasteiger partial charge in [0.25, 0.3) is 0 Å². The Morgan fingerprint density at radius 3 is 2.57 bits per heavy atom. The highest BCUT2D eigenvalue weighted by molar-refractivity contribution is 9.10. The maximum Gasteiger partial charge on any atom is 0.416 e. The van der Waals surface area contributed by atoms with E-state index < -0.39 is 17.8 Å². The van der Waals surface area contributed by atoms with Crippen LogP contribution >= 0.6 is 15.9 Å². The number of hydrogen-bond acceptors (Lipinski definition) is 3. The van der Waals surface area contributed by atoms with E-state index in [1.165, 1.54) is 6.07 Å². The third-order valence-corrected chi connectivity index (χ3v) is 4.30. The molecule has 3 N–H and O–H groups in total. The Kier molecular flexibility index (Phi) is 5.65. The zero-order chi connectivity index (χ0) is 15.5. The van der Waals surface area contributed by atoms with Gasteiger partial charge in [0, 0.05) is 23.7 Å². The molecule has 0 saturated carbocycles. The summed E-state index contributed by atoms with van der Waals surface area (Å²) < 4.78 is 45.3. The molecule has 0 aromatic heterocycles. The molecule has 0 aliphatic carbocycles. The van der Waals surface area contributed by atoms with Gasteiger partial charge < -0.3 is 4.74 Å². The largest absolute Gasteiger partial charge is 0.416 e. The third-order valence-electron chi connectivity index (χ3n) is 3.81. The second kappa shape index (κ2) is 7.09. The van der Waals surface area contributed by atoms with Gasteiger partial charge in [0.15, 0.2) is 0 Å². The van der Waals surface area contributed by atoms with E-state index in [4.69, 9.17) is 10.6 Å². The molecule has 1 unspecified atom stereocenters. The molecule has 118 valence electrons. The van der Waals surface area contributed by atoms with Crippen LogP contribution in [-0.4, -0.2) is 13.2 Å². The van der Waals surface area contributed by atoms with Crippen molar-refractivity contribution in [2.45, 2.75) is 31.5 Å². The Morgan fingerprint density at radius 2 is 2.00 bits per heavy atom. The summed E-state index contributed by atoms with van der Waals surface area (Å²) in [7, 11) is 0. The van der Waals surface area contributed by atoms with Crippen molar-refractivity contribution < 1.29 is 17.9 Å². The fourth-order valence-electron chi connectivity index (χ4n) is 2.68. The first-order valence-corrected chi connectivity index (χ1v) is 7.61. The monoisotopic (exact) mass is 366 g/mol. The third kappa shape index (κ3) is 4.42. The fourth-order valence-corrected chi connectivity index (χ4v) is 3.04. The first-order chi connectivity index (χ1) is 9.91. The quantitative estimate of drug-likeness (QED) is 0.629. The number of hydrazine groups is 1. The number of nitrogens with two attached hydrogens (primary N) is 1. The topological polar surface area (TPSA) is 47.3 Å². The highest BCUT2D eigenvalue weighted by Gasteiger charge is 2.35. The summed E-state index contributed by atoms with van der Waals surface area (Å²) in [6.07, 6.45) is -2.11. The minimum atomic E-state index is -4.40. The van der Waals surface area contributed by atoms with Gasteiger partial charge in [-0.15, -0.1) is 0 Å². The zero-order valence-corrected chi connectivity index (χ0v) is 13.0. The molecule has 21 heavy (non-hydrogen) atoms. The van der Waals surface area contributed by atoms with Crippen molar-refractivity contribution in [1.29, 1.82) is 0 Å². The average Bonchev–Trinajstić information content (AvgIpc) is 2.45. The normalized spacial score (nSPS) is 18.7. The molecule has 1 atom stereocenters. The number of nitrogens with one attached hydrogen (secondary N) is 1. The fraction of sp³-hybridized carbons (Fsp3) is 0.571. The second-order valence-electron chi connectivity index (χ2n) is 5.24. The highest BCUT2D eigenvalue weighted by atomic mass is 79.9. The van der Waals surface area contributed by atoms with E-state index in [9.17, 15) is 13.2 Å². The second-order valence-corrected chi connectivity index (χ2v) is 6.16. The van der Waals surface area contributed by atoms with Crippen molar-refractivity contribution in [3.05, 3.63) is 33.8 Å². The van der Waals surface area contributed by atoms with Gasteiger partial charge in [-0.1, -0.05) is 22.0 Å². The summed E-state index contributed by atoms with van der Waals surface area (Å²) in [5.41, 5.74) is 2.09. The predicted molar refractivity (Wildman–Crippen MR) is 77.4 cm³/mol. The Hall–Kier alpha value is -0.630.